The lowest BCUT2D eigenvalue weighted by atomic mass is 9.90. The average Bonchev–Trinajstić information content (AvgIpc) is 2.72. The van der Waals surface area contributed by atoms with Gasteiger partial charge < -0.3 is 10.6 Å². The van der Waals surface area contributed by atoms with Gasteiger partial charge in [0.15, 0.2) is 0 Å². The molecule has 142 valence electrons. The Morgan fingerprint density at radius 1 is 0.857 bits per heavy atom. The molecule has 0 aliphatic heterocycles. The highest BCUT2D eigenvalue weighted by molar-refractivity contribution is 6.31. The molecule has 0 radical (unpaired) electrons. The summed E-state index contributed by atoms with van der Waals surface area (Å²) in [6.07, 6.45) is 0. The average molecular weight is 393 g/mol. The van der Waals surface area contributed by atoms with Crippen LogP contribution in [0.25, 0.3) is 0 Å². The van der Waals surface area contributed by atoms with E-state index in [2.05, 4.69) is 10.6 Å². The van der Waals surface area contributed by atoms with Crippen molar-refractivity contribution in [1.82, 2.24) is 5.32 Å². The number of benzene rings is 3. The molecular formula is C23H21ClN2O2. The fraction of sp³-hybridized carbons (Fsp3) is 0.130. The maximum absolute atomic E-state index is 12.9. The molecule has 0 aliphatic carbocycles. The molecule has 4 nitrogen and oxygen atoms in total. The summed E-state index contributed by atoms with van der Waals surface area (Å²) in [7, 11) is 0. The first-order valence-electron chi connectivity index (χ1n) is 8.99. The highest BCUT2D eigenvalue weighted by Gasteiger charge is 2.22. The molecule has 3 aromatic carbocycles. The van der Waals surface area contributed by atoms with E-state index in [0.29, 0.717) is 10.7 Å². The number of carbonyl (C=O) groups is 2. The Hall–Kier alpha value is -3.11. The van der Waals surface area contributed by atoms with Crippen LogP contribution >= 0.6 is 11.6 Å². The molecule has 0 heterocycles. The van der Waals surface area contributed by atoms with E-state index in [1.165, 1.54) is 0 Å². The van der Waals surface area contributed by atoms with E-state index in [1.807, 2.05) is 67.6 Å². The molecule has 0 unspecified atom stereocenters. The van der Waals surface area contributed by atoms with Gasteiger partial charge in [-0.25, -0.2) is 0 Å². The van der Waals surface area contributed by atoms with E-state index in [0.717, 1.165) is 16.7 Å². The van der Waals surface area contributed by atoms with Crippen molar-refractivity contribution in [3.8, 4) is 0 Å². The van der Waals surface area contributed by atoms with Crippen LogP contribution in [-0.2, 0) is 9.59 Å². The molecule has 3 rings (SSSR count). The monoisotopic (exact) mass is 392 g/mol. The van der Waals surface area contributed by atoms with Gasteiger partial charge in [-0.05, 0) is 35.7 Å². The summed E-state index contributed by atoms with van der Waals surface area (Å²) in [4.78, 5) is 25.2. The van der Waals surface area contributed by atoms with Gasteiger partial charge in [0.2, 0.25) is 11.8 Å². The molecule has 0 saturated heterocycles. The van der Waals surface area contributed by atoms with Crippen molar-refractivity contribution in [3.63, 3.8) is 0 Å². The van der Waals surface area contributed by atoms with Gasteiger partial charge in [-0.1, -0.05) is 78.3 Å². The lowest BCUT2D eigenvalue weighted by Crippen LogP contribution is -2.36. The van der Waals surface area contributed by atoms with Gasteiger partial charge in [-0.3, -0.25) is 9.59 Å². The molecule has 0 bridgehead atoms. The van der Waals surface area contributed by atoms with Gasteiger partial charge in [0.05, 0.1) is 12.5 Å². The maximum atomic E-state index is 12.9. The van der Waals surface area contributed by atoms with Crippen molar-refractivity contribution in [1.29, 1.82) is 0 Å². The smallest absolute Gasteiger partial charge is 0.243 e. The highest BCUT2D eigenvalue weighted by Crippen LogP contribution is 2.25. The second kappa shape index (κ2) is 9.20. The largest absolute Gasteiger partial charge is 0.346 e. The molecule has 3 aromatic rings. The first-order chi connectivity index (χ1) is 13.6. The van der Waals surface area contributed by atoms with Gasteiger partial charge in [-0.15, -0.1) is 0 Å². The van der Waals surface area contributed by atoms with Crippen LogP contribution in [0.2, 0.25) is 5.02 Å². The molecular weight excluding hydrogens is 372 g/mol. The SMILES string of the molecule is Cc1c(Cl)cccc1NC(=O)CNC(=O)C(c1ccccc1)c1ccccc1. The molecule has 0 atom stereocenters. The Balaban J connectivity index is 1.70. The summed E-state index contributed by atoms with van der Waals surface area (Å²) in [5, 5.41) is 6.12. The van der Waals surface area contributed by atoms with Crippen LogP contribution in [0.3, 0.4) is 0 Å². The van der Waals surface area contributed by atoms with Crippen LogP contribution in [0.1, 0.15) is 22.6 Å². The van der Waals surface area contributed by atoms with Crippen molar-refractivity contribution in [2.24, 2.45) is 0 Å². The lowest BCUT2D eigenvalue weighted by molar-refractivity contribution is -0.124. The van der Waals surface area contributed by atoms with Crippen LogP contribution in [0.15, 0.2) is 78.9 Å². The number of hydrogen-bond acceptors (Lipinski definition) is 2. The predicted molar refractivity (Wildman–Crippen MR) is 113 cm³/mol. The zero-order valence-electron chi connectivity index (χ0n) is 15.5. The number of amides is 2. The zero-order valence-corrected chi connectivity index (χ0v) is 16.2. The van der Waals surface area contributed by atoms with Crippen molar-refractivity contribution >= 4 is 29.1 Å². The standard InChI is InChI=1S/C23H21ClN2O2/c1-16-19(24)13-8-14-20(16)26-21(27)15-25-23(28)22(17-9-4-2-5-10-17)18-11-6-3-7-12-18/h2-14,22H,15H2,1H3,(H,25,28)(H,26,27). The number of rotatable bonds is 6. The molecule has 0 fully saturated rings. The molecule has 2 N–H and O–H groups in total. The minimum Gasteiger partial charge on any atom is -0.346 e. The van der Waals surface area contributed by atoms with Crippen LogP contribution in [0.5, 0.6) is 0 Å². The normalized spacial score (nSPS) is 10.5. The Morgan fingerprint density at radius 2 is 1.43 bits per heavy atom. The molecule has 0 saturated carbocycles. The summed E-state index contributed by atoms with van der Waals surface area (Å²) in [5.74, 6) is -1.02. The van der Waals surface area contributed by atoms with Gasteiger partial charge in [0.1, 0.15) is 0 Å². The Bertz CT molecular complexity index is 919. The molecule has 28 heavy (non-hydrogen) atoms. The van der Waals surface area contributed by atoms with E-state index in [9.17, 15) is 9.59 Å². The van der Waals surface area contributed by atoms with Crippen molar-refractivity contribution in [2.75, 3.05) is 11.9 Å². The second-order valence-electron chi connectivity index (χ2n) is 6.43. The minimum atomic E-state index is -0.483. The summed E-state index contributed by atoms with van der Waals surface area (Å²) >= 11 is 6.08. The van der Waals surface area contributed by atoms with Crippen LogP contribution in [-0.4, -0.2) is 18.4 Å². The van der Waals surface area contributed by atoms with Gasteiger partial charge in [0, 0.05) is 10.7 Å². The number of nitrogens with one attached hydrogen (secondary N) is 2. The third kappa shape index (κ3) is 4.78. The topological polar surface area (TPSA) is 58.2 Å². The first kappa shape index (κ1) is 19.6. The number of halogens is 1. The van der Waals surface area contributed by atoms with E-state index < -0.39 is 5.92 Å². The van der Waals surface area contributed by atoms with Gasteiger partial charge >= 0.3 is 0 Å². The summed E-state index contributed by atoms with van der Waals surface area (Å²) in [6.45, 7) is 1.71. The quantitative estimate of drug-likeness (QED) is 0.647. The molecule has 2 amide bonds. The van der Waals surface area contributed by atoms with E-state index in [-0.39, 0.29) is 18.4 Å². The van der Waals surface area contributed by atoms with Crippen molar-refractivity contribution in [2.45, 2.75) is 12.8 Å². The first-order valence-corrected chi connectivity index (χ1v) is 9.36. The maximum Gasteiger partial charge on any atom is 0.243 e. The molecule has 0 spiro atoms. The summed E-state index contributed by atoms with van der Waals surface area (Å²) < 4.78 is 0. The molecule has 5 heteroatoms. The third-order valence-corrected chi connectivity index (χ3v) is 4.90. The Morgan fingerprint density at radius 3 is 2.00 bits per heavy atom. The van der Waals surface area contributed by atoms with Crippen LogP contribution in [0, 0.1) is 6.92 Å². The highest BCUT2D eigenvalue weighted by atomic mass is 35.5. The van der Waals surface area contributed by atoms with E-state index in [1.54, 1.807) is 18.2 Å². The van der Waals surface area contributed by atoms with Crippen molar-refractivity contribution < 1.29 is 9.59 Å². The van der Waals surface area contributed by atoms with Gasteiger partial charge in [-0.2, -0.15) is 0 Å². The second-order valence-corrected chi connectivity index (χ2v) is 6.84. The predicted octanol–water partition coefficient (Wildman–Crippen LogP) is 4.54. The third-order valence-electron chi connectivity index (χ3n) is 4.49. The molecule has 0 aliphatic rings. The fourth-order valence-electron chi connectivity index (χ4n) is 2.99. The number of carbonyl (C=O) groups excluding carboxylic acids is 2. The minimum absolute atomic E-state index is 0.124. The van der Waals surface area contributed by atoms with Crippen LogP contribution < -0.4 is 10.6 Å². The number of hydrogen-bond donors (Lipinski definition) is 2. The van der Waals surface area contributed by atoms with Crippen LogP contribution in [0.4, 0.5) is 5.69 Å². The fourth-order valence-corrected chi connectivity index (χ4v) is 3.17. The van der Waals surface area contributed by atoms with Gasteiger partial charge in [0.25, 0.3) is 0 Å². The van der Waals surface area contributed by atoms with E-state index in [4.69, 9.17) is 11.6 Å². The Kier molecular flexibility index (Phi) is 6.45. The van der Waals surface area contributed by atoms with Crippen molar-refractivity contribution in [3.05, 3.63) is 101 Å². The van der Waals surface area contributed by atoms with E-state index >= 15 is 0 Å². The summed E-state index contributed by atoms with van der Waals surface area (Å²) in [6, 6.07) is 24.3. The lowest BCUT2D eigenvalue weighted by Gasteiger charge is -2.18. The Labute approximate surface area is 169 Å². The number of anilines is 1. The molecule has 0 aromatic heterocycles. The summed E-state index contributed by atoms with van der Waals surface area (Å²) in [5.41, 5.74) is 3.17. The zero-order chi connectivity index (χ0) is 19.9.